The Bertz CT molecular complexity index is 653. The average molecular weight is 288 g/mol. The van der Waals surface area contributed by atoms with Gasteiger partial charge in [-0.3, -0.25) is 4.79 Å². The van der Waals surface area contributed by atoms with E-state index in [0.717, 1.165) is 13.1 Å². The summed E-state index contributed by atoms with van der Waals surface area (Å²) in [4.78, 5) is 14.2. The quantitative estimate of drug-likeness (QED) is 0.923. The lowest BCUT2D eigenvalue weighted by molar-refractivity contribution is 0.0624. The Hall–Kier alpha value is -2.14. The molecule has 0 unspecified atom stereocenters. The van der Waals surface area contributed by atoms with E-state index < -0.39 is 0 Å². The van der Waals surface area contributed by atoms with Crippen molar-refractivity contribution in [2.45, 2.75) is 13.0 Å². The predicted molar refractivity (Wildman–Crippen MR) is 77.5 cm³/mol. The Morgan fingerprint density at radius 2 is 2.14 bits per heavy atom. The molecule has 4 nitrogen and oxygen atoms in total. The van der Waals surface area contributed by atoms with E-state index in [0.29, 0.717) is 17.9 Å². The number of halogens is 1. The Balaban J connectivity index is 1.85. The van der Waals surface area contributed by atoms with E-state index in [4.69, 9.17) is 4.42 Å². The molecule has 1 N–H and O–H groups in total. The smallest absolute Gasteiger partial charge is 0.289 e. The highest BCUT2D eigenvalue weighted by atomic mass is 19.1. The molecule has 0 spiro atoms. The molecule has 5 heteroatoms. The number of nitrogens with zero attached hydrogens (tertiary/aromatic N) is 1. The van der Waals surface area contributed by atoms with Crippen LogP contribution >= 0.6 is 0 Å². The van der Waals surface area contributed by atoms with Crippen molar-refractivity contribution in [1.82, 2.24) is 10.2 Å². The third-order valence-electron chi connectivity index (χ3n) is 3.72. The highest BCUT2D eigenvalue weighted by Crippen LogP contribution is 2.25. The molecule has 2 heterocycles. The van der Waals surface area contributed by atoms with E-state index in [9.17, 15) is 9.18 Å². The normalized spacial score (nSPS) is 18.8. The number of hydrogen-bond acceptors (Lipinski definition) is 3. The predicted octanol–water partition coefficient (Wildman–Crippen LogP) is 2.52. The molecular formula is C16H17FN2O2. The van der Waals surface area contributed by atoms with Gasteiger partial charge >= 0.3 is 0 Å². The maximum atomic E-state index is 13.7. The molecule has 1 aromatic heterocycles. The van der Waals surface area contributed by atoms with Gasteiger partial charge in [0.05, 0.1) is 5.56 Å². The standard InChI is InChI=1S/C16H17FN2O2/c1-11-10-18-8-9-19(11)16(20)15-7-6-14(21-15)12-4-2-3-5-13(12)17/h2-7,11,18H,8-10H2,1H3/t11-/m0/s1. The van der Waals surface area contributed by atoms with Gasteiger partial charge in [0.15, 0.2) is 5.76 Å². The highest BCUT2D eigenvalue weighted by Gasteiger charge is 2.26. The van der Waals surface area contributed by atoms with Crippen LogP contribution in [0, 0.1) is 5.82 Å². The summed E-state index contributed by atoms with van der Waals surface area (Å²) in [6.07, 6.45) is 0. The van der Waals surface area contributed by atoms with E-state index in [1.807, 2.05) is 6.92 Å². The van der Waals surface area contributed by atoms with Gasteiger partial charge in [-0.25, -0.2) is 4.39 Å². The number of furan rings is 1. The van der Waals surface area contributed by atoms with E-state index in [-0.39, 0.29) is 23.5 Å². The molecular weight excluding hydrogens is 271 g/mol. The lowest BCUT2D eigenvalue weighted by Gasteiger charge is -2.33. The molecule has 21 heavy (non-hydrogen) atoms. The number of amides is 1. The molecule has 1 aliphatic heterocycles. The zero-order valence-electron chi connectivity index (χ0n) is 11.8. The summed E-state index contributed by atoms with van der Waals surface area (Å²) in [5.41, 5.74) is 0.366. The lowest BCUT2D eigenvalue weighted by Crippen LogP contribution is -2.52. The van der Waals surface area contributed by atoms with Crippen LogP contribution in [0.25, 0.3) is 11.3 Å². The number of piperazine rings is 1. The van der Waals surface area contributed by atoms with E-state index >= 15 is 0 Å². The minimum atomic E-state index is -0.360. The van der Waals surface area contributed by atoms with Crippen LogP contribution in [-0.4, -0.2) is 36.5 Å². The maximum Gasteiger partial charge on any atom is 0.289 e. The first kappa shape index (κ1) is 13.8. The van der Waals surface area contributed by atoms with Gasteiger partial charge in [0.2, 0.25) is 0 Å². The second-order valence-corrected chi connectivity index (χ2v) is 5.20. The summed E-state index contributed by atoms with van der Waals surface area (Å²) in [7, 11) is 0. The molecule has 1 atom stereocenters. The summed E-state index contributed by atoms with van der Waals surface area (Å²) in [6.45, 7) is 4.18. The van der Waals surface area contributed by atoms with Crippen LogP contribution in [-0.2, 0) is 0 Å². The fourth-order valence-electron chi connectivity index (χ4n) is 2.54. The molecule has 1 fully saturated rings. The monoisotopic (exact) mass is 288 g/mol. The molecule has 3 rings (SSSR count). The van der Waals surface area contributed by atoms with E-state index in [1.165, 1.54) is 6.07 Å². The average Bonchev–Trinajstić information content (AvgIpc) is 2.97. The third kappa shape index (κ3) is 2.69. The zero-order chi connectivity index (χ0) is 14.8. The van der Waals surface area contributed by atoms with Crippen LogP contribution in [0.5, 0.6) is 0 Å². The molecule has 0 saturated carbocycles. The fraction of sp³-hybridized carbons (Fsp3) is 0.312. The van der Waals surface area contributed by atoms with Gasteiger partial charge < -0.3 is 14.6 Å². The summed E-state index contributed by atoms with van der Waals surface area (Å²) < 4.78 is 19.3. The number of rotatable bonds is 2. The van der Waals surface area contributed by atoms with Gasteiger partial charge in [-0.15, -0.1) is 0 Å². The Morgan fingerprint density at radius 1 is 1.33 bits per heavy atom. The first-order chi connectivity index (χ1) is 10.2. The minimum Gasteiger partial charge on any atom is -0.451 e. The summed E-state index contributed by atoms with van der Waals surface area (Å²) in [5.74, 6) is 0.120. The highest BCUT2D eigenvalue weighted by molar-refractivity contribution is 5.92. The van der Waals surface area contributed by atoms with Crippen molar-refractivity contribution in [3.63, 3.8) is 0 Å². The largest absolute Gasteiger partial charge is 0.451 e. The Morgan fingerprint density at radius 3 is 2.90 bits per heavy atom. The first-order valence-electron chi connectivity index (χ1n) is 7.03. The number of carbonyl (C=O) groups is 1. The van der Waals surface area contributed by atoms with Crippen LogP contribution in [0.3, 0.4) is 0 Å². The lowest BCUT2D eigenvalue weighted by atomic mass is 10.1. The molecule has 1 aromatic carbocycles. The fourth-order valence-corrected chi connectivity index (χ4v) is 2.54. The molecule has 0 bridgehead atoms. The van der Waals surface area contributed by atoms with Crippen LogP contribution in [0.1, 0.15) is 17.5 Å². The van der Waals surface area contributed by atoms with Gasteiger partial charge in [-0.05, 0) is 31.2 Å². The van der Waals surface area contributed by atoms with Crippen molar-refractivity contribution in [1.29, 1.82) is 0 Å². The molecule has 2 aromatic rings. The molecule has 1 saturated heterocycles. The van der Waals surface area contributed by atoms with Crippen molar-refractivity contribution in [2.24, 2.45) is 0 Å². The van der Waals surface area contributed by atoms with Crippen molar-refractivity contribution < 1.29 is 13.6 Å². The zero-order valence-corrected chi connectivity index (χ0v) is 11.8. The van der Waals surface area contributed by atoms with Crippen molar-refractivity contribution in [3.8, 4) is 11.3 Å². The van der Waals surface area contributed by atoms with Crippen LogP contribution in [0.15, 0.2) is 40.8 Å². The summed E-state index contributed by atoms with van der Waals surface area (Å²) >= 11 is 0. The first-order valence-corrected chi connectivity index (χ1v) is 7.03. The summed E-state index contributed by atoms with van der Waals surface area (Å²) in [6, 6.07) is 9.73. The second kappa shape index (κ2) is 5.69. The van der Waals surface area contributed by atoms with Crippen LogP contribution in [0.2, 0.25) is 0 Å². The van der Waals surface area contributed by atoms with Gasteiger partial charge in [-0.1, -0.05) is 12.1 Å². The van der Waals surface area contributed by atoms with Gasteiger partial charge in [0, 0.05) is 25.7 Å². The Labute approximate surface area is 122 Å². The van der Waals surface area contributed by atoms with E-state index in [2.05, 4.69) is 5.32 Å². The molecule has 0 aliphatic carbocycles. The third-order valence-corrected chi connectivity index (χ3v) is 3.72. The number of benzene rings is 1. The SMILES string of the molecule is C[C@H]1CNCCN1C(=O)c1ccc(-c2ccccc2F)o1. The molecule has 0 radical (unpaired) electrons. The molecule has 1 amide bonds. The van der Waals surface area contributed by atoms with Crippen LogP contribution in [0.4, 0.5) is 4.39 Å². The van der Waals surface area contributed by atoms with Gasteiger partial charge in [0.25, 0.3) is 5.91 Å². The maximum absolute atomic E-state index is 13.7. The Kier molecular flexibility index (Phi) is 3.75. The van der Waals surface area contributed by atoms with Gasteiger partial charge in [-0.2, -0.15) is 0 Å². The van der Waals surface area contributed by atoms with Crippen molar-refractivity contribution >= 4 is 5.91 Å². The number of carbonyl (C=O) groups excluding carboxylic acids is 1. The summed E-state index contributed by atoms with van der Waals surface area (Å²) in [5, 5.41) is 3.24. The topological polar surface area (TPSA) is 45.5 Å². The van der Waals surface area contributed by atoms with E-state index in [1.54, 1.807) is 35.2 Å². The van der Waals surface area contributed by atoms with Crippen molar-refractivity contribution in [3.05, 3.63) is 48.0 Å². The number of nitrogens with one attached hydrogen (secondary N) is 1. The van der Waals surface area contributed by atoms with Crippen LogP contribution < -0.4 is 5.32 Å². The minimum absolute atomic E-state index is 0.119. The second-order valence-electron chi connectivity index (χ2n) is 5.20. The number of hydrogen-bond donors (Lipinski definition) is 1. The van der Waals surface area contributed by atoms with Gasteiger partial charge in [0.1, 0.15) is 11.6 Å². The van der Waals surface area contributed by atoms with Crippen molar-refractivity contribution in [2.75, 3.05) is 19.6 Å². The molecule has 110 valence electrons. The molecule has 1 aliphatic rings.